The van der Waals surface area contributed by atoms with E-state index in [1.807, 2.05) is 0 Å². The monoisotopic (exact) mass is 324 g/mol. The number of piperazine rings is 1. The molecule has 1 saturated heterocycles. The Hall–Kier alpha value is -0.770. The lowest BCUT2D eigenvalue weighted by Crippen LogP contribution is -2.44. The number of hydrogen-bond acceptors (Lipinski definition) is 3. The van der Waals surface area contributed by atoms with Crippen molar-refractivity contribution in [2.45, 2.75) is 34.1 Å². The molecule has 0 bridgehead atoms. The molecule has 0 spiro atoms. The molecule has 22 heavy (non-hydrogen) atoms. The predicted molar refractivity (Wildman–Crippen MR) is 94.3 cm³/mol. The molecular weight excluding hydrogens is 296 g/mol. The summed E-state index contributed by atoms with van der Waals surface area (Å²) in [4.78, 5) is 2.51. The summed E-state index contributed by atoms with van der Waals surface area (Å²) in [5.41, 5.74) is 3.55. The highest BCUT2D eigenvalue weighted by Gasteiger charge is 2.16. The molecule has 1 aromatic rings. The number of nitrogens with zero attached hydrogens (tertiary/aromatic N) is 1. The largest absolute Gasteiger partial charge is 0.493 e. The third kappa shape index (κ3) is 4.61. The molecule has 0 saturated carbocycles. The van der Waals surface area contributed by atoms with Gasteiger partial charge >= 0.3 is 0 Å². The van der Waals surface area contributed by atoms with Crippen LogP contribution < -0.4 is 10.1 Å². The van der Waals surface area contributed by atoms with Crippen LogP contribution in [0.25, 0.3) is 0 Å². The molecular formula is C18H29ClN2O. The SMILES string of the molecule is Cc1cc(OCC(C)C)c(CCN2CCNCC2)c(C)c1Cl. The Morgan fingerprint density at radius 2 is 1.95 bits per heavy atom. The molecule has 3 nitrogen and oxygen atoms in total. The Labute approximate surface area is 140 Å². The normalized spacial score (nSPS) is 16.3. The molecule has 0 radical (unpaired) electrons. The molecule has 1 aliphatic heterocycles. The van der Waals surface area contributed by atoms with Gasteiger partial charge in [0.25, 0.3) is 0 Å². The summed E-state index contributed by atoms with van der Waals surface area (Å²) >= 11 is 6.46. The van der Waals surface area contributed by atoms with Gasteiger partial charge in [-0.3, -0.25) is 0 Å². The molecule has 4 heteroatoms. The minimum absolute atomic E-state index is 0.525. The fourth-order valence-electron chi connectivity index (χ4n) is 2.86. The van der Waals surface area contributed by atoms with Gasteiger partial charge < -0.3 is 15.0 Å². The lowest BCUT2D eigenvalue weighted by molar-refractivity contribution is 0.239. The highest BCUT2D eigenvalue weighted by atomic mass is 35.5. The molecule has 124 valence electrons. The van der Waals surface area contributed by atoms with Crippen molar-refractivity contribution in [2.24, 2.45) is 5.92 Å². The van der Waals surface area contributed by atoms with Gasteiger partial charge in [-0.15, -0.1) is 0 Å². The van der Waals surface area contributed by atoms with Crippen molar-refractivity contribution in [1.29, 1.82) is 0 Å². The summed E-state index contributed by atoms with van der Waals surface area (Å²) in [5.74, 6) is 1.54. The van der Waals surface area contributed by atoms with Gasteiger partial charge in [0, 0.05) is 37.7 Å². The van der Waals surface area contributed by atoms with Gasteiger partial charge in [-0.2, -0.15) is 0 Å². The van der Waals surface area contributed by atoms with E-state index in [4.69, 9.17) is 16.3 Å². The molecule has 1 fully saturated rings. The fourth-order valence-corrected chi connectivity index (χ4v) is 3.03. The van der Waals surface area contributed by atoms with Crippen LogP contribution in [-0.4, -0.2) is 44.2 Å². The van der Waals surface area contributed by atoms with Gasteiger partial charge in [-0.25, -0.2) is 0 Å². The Kier molecular flexibility index (Phi) is 6.54. The molecule has 1 aromatic carbocycles. The second-order valence-corrected chi connectivity index (χ2v) is 7.03. The number of benzene rings is 1. The van der Waals surface area contributed by atoms with Gasteiger partial charge in [-0.1, -0.05) is 25.4 Å². The van der Waals surface area contributed by atoms with Crippen LogP contribution in [0.1, 0.15) is 30.5 Å². The van der Waals surface area contributed by atoms with Crippen molar-refractivity contribution in [2.75, 3.05) is 39.3 Å². The van der Waals surface area contributed by atoms with E-state index in [2.05, 4.69) is 44.0 Å². The van der Waals surface area contributed by atoms with E-state index in [0.717, 1.165) is 62.1 Å². The van der Waals surface area contributed by atoms with Crippen molar-refractivity contribution in [1.82, 2.24) is 10.2 Å². The van der Waals surface area contributed by atoms with Crippen molar-refractivity contribution in [3.05, 3.63) is 27.8 Å². The van der Waals surface area contributed by atoms with E-state index >= 15 is 0 Å². The average molecular weight is 325 g/mol. The van der Waals surface area contributed by atoms with Crippen molar-refractivity contribution in [3.63, 3.8) is 0 Å². The van der Waals surface area contributed by atoms with Crippen LogP contribution in [-0.2, 0) is 6.42 Å². The maximum atomic E-state index is 6.46. The zero-order valence-electron chi connectivity index (χ0n) is 14.3. The lowest BCUT2D eigenvalue weighted by atomic mass is 10.0. The number of ether oxygens (including phenoxy) is 1. The smallest absolute Gasteiger partial charge is 0.123 e. The first-order valence-electron chi connectivity index (χ1n) is 8.33. The Balaban J connectivity index is 2.13. The Morgan fingerprint density at radius 1 is 1.27 bits per heavy atom. The zero-order valence-corrected chi connectivity index (χ0v) is 15.1. The standard InChI is InChI=1S/C18H29ClN2O/c1-13(2)12-22-17-11-14(3)18(19)15(4)16(17)5-8-21-9-6-20-7-10-21/h11,13,20H,5-10,12H2,1-4H3. The number of halogens is 1. The molecule has 0 unspecified atom stereocenters. The van der Waals surface area contributed by atoms with Crippen LogP contribution in [0.4, 0.5) is 0 Å². The van der Waals surface area contributed by atoms with E-state index in [1.165, 1.54) is 11.1 Å². The van der Waals surface area contributed by atoms with E-state index in [-0.39, 0.29) is 0 Å². The van der Waals surface area contributed by atoms with Crippen LogP contribution in [0.15, 0.2) is 6.07 Å². The predicted octanol–water partition coefficient (Wildman–Crippen LogP) is 3.44. The van der Waals surface area contributed by atoms with Crippen LogP contribution >= 0.6 is 11.6 Å². The lowest BCUT2D eigenvalue weighted by Gasteiger charge is -2.28. The van der Waals surface area contributed by atoms with E-state index in [9.17, 15) is 0 Å². The van der Waals surface area contributed by atoms with Crippen molar-refractivity contribution >= 4 is 11.6 Å². The second kappa shape index (κ2) is 8.19. The number of aryl methyl sites for hydroxylation is 1. The highest BCUT2D eigenvalue weighted by Crippen LogP contribution is 2.32. The molecule has 0 aromatic heterocycles. The molecule has 1 N–H and O–H groups in total. The summed E-state index contributed by atoms with van der Waals surface area (Å²) in [5, 5.41) is 4.28. The van der Waals surface area contributed by atoms with Gasteiger partial charge in [0.05, 0.1) is 6.61 Å². The number of hydrogen-bond donors (Lipinski definition) is 1. The van der Waals surface area contributed by atoms with Gasteiger partial charge in [0.15, 0.2) is 0 Å². The minimum Gasteiger partial charge on any atom is -0.493 e. The van der Waals surface area contributed by atoms with Gasteiger partial charge in [0.1, 0.15) is 5.75 Å². The van der Waals surface area contributed by atoms with Crippen molar-refractivity contribution < 1.29 is 4.74 Å². The average Bonchev–Trinajstić information content (AvgIpc) is 2.51. The van der Waals surface area contributed by atoms with Crippen LogP contribution in [0.5, 0.6) is 5.75 Å². The van der Waals surface area contributed by atoms with E-state index in [1.54, 1.807) is 0 Å². The van der Waals surface area contributed by atoms with Crippen LogP contribution in [0.2, 0.25) is 5.02 Å². The maximum absolute atomic E-state index is 6.46. The first-order valence-corrected chi connectivity index (χ1v) is 8.71. The van der Waals surface area contributed by atoms with Gasteiger partial charge in [0.2, 0.25) is 0 Å². The summed E-state index contributed by atoms with van der Waals surface area (Å²) in [7, 11) is 0. The summed E-state index contributed by atoms with van der Waals surface area (Å²) in [6.07, 6.45) is 0.999. The summed E-state index contributed by atoms with van der Waals surface area (Å²) in [6.45, 7) is 14.8. The van der Waals surface area contributed by atoms with E-state index < -0.39 is 0 Å². The Morgan fingerprint density at radius 3 is 2.59 bits per heavy atom. The Bertz CT molecular complexity index is 496. The van der Waals surface area contributed by atoms with Crippen molar-refractivity contribution in [3.8, 4) is 5.75 Å². The minimum atomic E-state index is 0.525. The maximum Gasteiger partial charge on any atom is 0.123 e. The van der Waals surface area contributed by atoms with E-state index in [0.29, 0.717) is 5.92 Å². The van der Waals surface area contributed by atoms with Crippen LogP contribution in [0, 0.1) is 19.8 Å². The van der Waals surface area contributed by atoms with Crippen LogP contribution in [0.3, 0.4) is 0 Å². The first kappa shape index (κ1) is 17.6. The first-order chi connectivity index (χ1) is 10.5. The molecule has 0 atom stereocenters. The molecule has 2 rings (SSSR count). The quantitative estimate of drug-likeness (QED) is 0.867. The highest BCUT2D eigenvalue weighted by molar-refractivity contribution is 6.32. The zero-order chi connectivity index (χ0) is 16.1. The van der Waals surface area contributed by atoms with Gasteiger partial charge in [-0.05, 0) is 48.9 Å². The topological polar surface area (TPSA) is 24.5 Å². The number of rotatable bonds is 6. The fraction of sp³-hybridized carbons (Fsp3) is 0.667. The summed E-state index contributed by atoms with van der Waals surface area (Å²) in [6, 6.07) is 2.10. The molecule has 1 aliphatic rings. The number of nitrogens with one attached hydrogen (secondary N) is 1. The molecule has 0 amide bonds. The third-order valence-electron chi connectivity index (χ3n) is 4.23. The second-order valence-electron chi connectivity index (χ2n) is 6.66. The molecule has 0 aliphatic carbocycles. The third-order valence-corrected chi connectivity index (χ3v) is 4.81. The molecule has 1 heterocycles. The summed E-state index contributed by atoms with van der Waals surface area (Å²) < 4.78 is 6.07.